The van der Waals surface area contributed by atoms with Crippen LogP contribution in [0.3, 0.4) is 0 Å². The monoisotopic (exact) mass is 165 g/mol. The van der Waals surface area contributed by atoms with E-state index < -0.39 is 0 Å². The molecule has 0 bridgehead atoms. The second kappa shape index (κ2) is 5.22. The van der Waals surface area contributed by atoms with Gasteiger partial charge in [-0.05, 0) is 26.8 Å². The summed E-state index contributed by atoms with van der Waals surface area (Å²) in [6, 6.07) is 0.805. The normalized spacial score (nSPS) is 18.9. The molecule has 0 atom stereocenters. The average Bonchev–Trinajstić information content (AvgIpc) is 2.15. The lowest BCUT2D eigenvalue weighted by molar-refractivity contribution is 0.212. The van der Waals surface area contributed by atoms with Crippen molar-refractivity contribution in [3.05, 3.63) is 0 Å². The van der Waals surface area contributed by atoms with Gasteiger partial charge in [0.05, 0.1) is 6.54 Å². The second-order valence-electron chi connectivity index (χ2n) is 3.63. The van der Waals surface area contributed by atoms with E-state index in [1.807, 2.05) is 6.92 Å². The highest BCUT2D eigenvalue weighted by Gasteiger charge is 2.16. The Kier molecular flexibility index (Phi) is 4.18. The molecule has 0 spiro atoms. The summed E-state index contributed by atoms with van der Waals surface area (Å²) in [7, 11) is 2.19. The van der Waals surface area contributed by atoms with Crippen molar-refractivity contribution in [3.63, 3.8) is 0 Å². The molecule has 1 saturated carbocycles. The number of rotatable bonds is 2. The van der Waals surface area contributed by atoms with Crippen LogP contribution in [0.1, 0.15) is 39.0 Å². The molecule has 1 aliphatic carbocycles. The quantitative estimate of drug-likeness (QED) is 0.567. The molecule has 0 aliphatic heterocycles. The molecule has 1 aliphatic rings. The van der Waals surface area contributed by atoms with Gasteiger partial charge in [-0.25, -0.2) is 0 Å². The summed E-state index contributed by atoms with van der Waals surface area (Å²) in [6.45, 7) is 2.86. The fourth-order valence-corrected chi connectivity index (χ4v) is 1.85. The molecule has 0 radical (unpaired) electrons. The van der Waals surface area contributed by atoms with E-state index in [4.69, 9.17) is 0 Å². The van der Waals surface area contributed by atoms with E-state index in [9.17, 15) is 0 Å². The van der Waals surface area contributed by atoms with Gasteiger partial charge in [-0.15, -0.1) is 5.92 Å². The van der Waals surface area contributed by atoms with Crippen LogP contribution in [-0.4, -0.2) is 24.5 Å². The molecule has 1 heteroatoms. The van der Waals surface area contributed by atoms with Gasteiger partial charge in [0, 0.05) is 6.04 Å². The van der Waals surface area contributed by atoms with E-state index >= 15 is 0 Å². The van der Waals surface area contributed by atoms with Crippen molar-refractivity contribution in [2.24, 2.45) is 0 Å². The largest absolute Gasteiger partial charge is 0.292 e. The Morgan fingerprint density at radius 1 is 1.25 bits per heavy atom. The van der Waals surface area contributed by atoms with E-state index in [0.717, 1.165) is 12.6 Å². The highest BCUT2D eigenvalue weighted by atomic mass is 15.1. The lowest BCUT2D eigenvalue weighted by Gasteiger charge is -2.29. The Balaban J connectivity index is 2.27. The lowest BCUT2D eigenvalue weighted by atomic mass is 9.94. The molecule has 1 fully saturated rings. The van der Waals surface area contributed by atoms with Crippen LogP contribution in [0.2, 0.25) is 0 Å². The van der Waals surface area contributed by atoms with Gasteiger partial charge >= 0.3 is 0 Å². The first-order valence-corrected chi connectivity index (χ1v) is 4.94. The number of hydrogen-bond donors (Lipinski definition) is 0. The fourth-order valence-electron chi connectivity index (χ4n) is 1.85. The predicted octanol–water partition coefficient (Wildman–Crippen LogP) is 2.27. The Morgan fingerprint density at radius 2 is 1.92 bits per heavy atom. The van der Waals surface area contributed by atoms with Gasteiger partial charge in [0.25, 0.3) is 0 Å². The first kappa shape index (κ1) is 9.61. The van der Waals surface area contributed by atoms with Crippen LogP contribution in [-0.2, 0) is 0 Å². The summed E-state index contributed by atoms with van der Waals surface area (Å²) < 4.78 is 0. The fraction of sp³-hybridized carbons (Fsp3) is 0.818. The van der Waals surface area contributed by atoms with Crippen molar-refractivity contribution in [1.82, 2.24) is 4.90 Å². The van der Waals surface area contributed by atoms with Crippen LogP contribution in [0.4, 0.5) is 0 Å². The maximum atomic E-state index is 3.12. The standard InChI is InChI=1S/C11H19N/c1-3-4-10-12(2)11-8-6-5-7-9-11/h11H,5-10H2,1-2H3. The zero-order valence-corrected chi connectivity index (χ0v) is 8.27. The topological polar surface area (TPSA) is 3.24 Å². The van der Waals surface area contributed by atoms with Gasteiger partial charge in [0.15, 0.2) is 0 Å². The summed E-state index contributed by atoms with van der Waals surface area (Å²) in [6.07, 6.45) is 7.01. The van der Waals surface area contributed by atoms with Crippen molar-refractivity contribution in [1.29, 1.82) is 0 Å². The lowest BCUT2D eigenvalue weighted by Crippen LogP contribution is -2.33. The molecule has 1 rings (SSSR count). The highest BCUT2D eigenvalue weighted by Crippen LogP contribution is 2.20. The number of hydrogen-bond acceptors (Lipinski definition) is 1. The SMILES string of the molecule is CC#CCN(C)C1CCCCC1. The molecule has 68 valence electrons. The molecule has 0 saturated heterocycles. The van der Waals surface area contributed by atoms with Crippen LogP contribution in [0, 0.1) is 11.8 Å². The molecule has 0 aromatic heterocycles. The third kappa shape index (κ3) is 2.87. The smallest absolute Gasteiger partial charge is 0.0601 e. The summed E-state index contributed by atoms with van der Waals surface area (Å²) in [5, 5.41) is 0. The van der Waals surface area contributed by atoms with Crippen molar-refractivity contribution >= 4 is 0 Å². The Hall–Kier alpha value is -0.480. The van der Waals surface area contributed by atoms with E-state index in [0.29, 0.717) is 0 Å². The van der Waals surface area contributed by atoms with Crippen molar-refractivity contribution in [3.8, 4) is 11.8 Å². The molecule has 0 aromatic rings. The van der Waals surface area contributed by atoms with Crippen LogP contribution in [0.25, 0.3) is 0 Å². The minimum absolute atomic E-state index is 0.805. The summed E-state index contributed by atoms with van der Waals surface area (Å²) >= 11 is 0. The average molecular weight is 165 g/mol. The van der Waals surface area contributed by atoms with Crippen molar-refractivity contribution in [2.75, 3.05) is 13.6 Å². The Bertz CT molecular complexity index is 169. The Labute approximate surface area is 76.1 Å². The summed E-state index contributed by atoms with van der Waals surface area (Å²) in [4.78, 5) is 2.40. The maximum absolute atomic E-state index is 3.12. The summed E-state index contributed by atoms with van der Waals surface area (Å²) in [5.41, 5.74) is 0. The zero-order chi connectivity index (χ0) is 8.81. The molecule has 0 aromatic carbocycles. The van der Waals surface area contributed by atoms with Gasteiger partial charge < -0.3 is 0 Å². The third-order valence-electron chi connectivity index (χ3n) is 2.70. The summed E-state index contributed by atoms with van der Waals surface area (Å²) in [5.74, 6) is 6.07. The minimum Gasteiger partial charge on any atom is -0.292 e. The van der Waals surface area contributed by atoms with E-state index in [2.05, 4.69) is 23.8 Å². The first-order chi connectivity index (χ1) is 5.84. The molecule has 0 N–H and O–H groups in total. The highest BCUT2D eigenvalue weighted by molar-refractivity contribution is 4.98. The van der Waals surface area contributed by atoms with E-state index in [-0.39, 0.29) is 0 Å². The van der Waals surface area contributed by atoms with Crippen LogP contribution < -0.4 is 0 Å². The molecule has 0 amide bonds. The molecular weight excluding hydrogens is 146 g/mol. The minimum atomic E-state index is 0.805. The van der Waals surface area contributed by atoms with Crippen molar-refractivity contribution < 1.29 is 0 Å². The van der Waals surface area contributed by atoms with E-state index in [1.54, 1.807) is 0 Å². The van der Waals surface area contributed by atoms with Gasteiger partial charge in [-0.1, -0.05) is 25.2 Å². The van der Waals surface area contributed by atoms with Crippen LogP contribution >= 0.6 is 0 Å². The maximum Gasteiger partial charge on any atom is 0.0601 e. The van der Waals surface area contributed by atoms with Gasteiger partial charge in [0.2, 0.25) is 0 Å². The van der Waals surface area contributed by atoms with Crippen LogP contribution in [0.5, 0.6) is 0 Å². The molecule has 12 heavy (non-hydrogen) atoms. The van der Waals surface area contributed by atoms with Gasteiger partial charge in [0.1, 0.15) is 0 Å². The third-order valence-corrected chi connectivity index (χ3v) is 2.70. The molecule has 1 nitrogen and oxygen atoms in total. The molecular formula is C11H19N. The van der Waals surface area contributed by atoms with E-state index in [1.165, 1.54) is 32.1 Å². The Morgan fingerprint density at radius 3 is 2.50 bits per heavy atom. The molecule has 0 heterocycles. The zero-order valence-electron chi connectivity index (χ0n) is 8.27. The number of nitrogens with zero attached hydrogens (tertiary/aromatic N) is 1. The first-order valence-electron chi connectivity index (χ1n) is 4.94. The van der Waals surface area contributed by atoms with Gasteiger partial charge in [-0.2, -0.15) is 0 Å². The predicted molar refractivity (Wildman–Crippen MR) is 53.0 cm³/mol. The second-order valence-corrected chi connectivity index (χ2v) is 3.63. The van der Waals surface area contributed by atoms with Crippen LogP contribution in [0.15, 0.2) is 0 Å². The molecule has 0 unspecified atom stereocenters. The van der Waals surface area contributed by atoms with Crippen molar-refractivity contribution in [2.45, 2.75) is 45.1 Å². The van der Waals surface area contributed by atoms with Gasteiger partial charge in [-0.3, -0.25) is 4.90 Å².